The first-order valence-electron chi connectivity index (χ1n) is 8.10. The molecule has 0 amide bonds. The molecule has 0 aliphatic carbocycles. The van der Waals surface area contributed by atoms with E-state index in [1.807, 2.05) is 48.5 Å². The van der Waals surface area contributed by atoms with E-state index >= 15 is 0 Å². The van der Waals surface area contributed by atoms with Crippen LogP contribution in [0.4, 0.5) is 0 Å². The number of hydrogen-bond donors (Lipinski definition) is 1. The van der Waals surface area contributed by atoms with Crippen molar-refractivity contribution in [3.05, 3.63) is 77.1 Å². The zero-order valence-corrected chi connectivity index (χ0v) is 14.9. The van der Waals surface area contributed by atoms with Crippen LogP contribution in [0.3, 0.4) is 0 Å². The zero-order valence-electron chi connectivity index (χ0n) is 14.1. The van der Waals surface area contributed by atoms with Gasteiger partial charge in [-0.2, -0.15) is 14.9 Å². The summed E-state index contributed by atoms with van der Waals surface area (Å²) >= 11 is 5.35. The van der Waals surface area contributed by atoms with E-state index in [4.69, 9.17) is 17.0 Å². The minimum atomic E-state index is 0.430. The Morgan fingerprint density at radius 1 is 1.08 bits per heavy atom. The standard InChI is InChI=1S/C20H16N4OS/c1-25-17-10-5-8-15(12-17)19-22-23-20(26)24(19)21-13-16-9-4-7-14-6-2-3-11-18(14)16/h2-13H,1H3,(H,23,26)/b21-13+. The summed E-state index contributed by atoms with van der Waals surface area (Å²) in [5.41, 5.74) is 1.88. The fourth-order valence-corrected chi connectivity index (χ4v) is 3.01. The lowest BCUT2D eigenvalue weighted by atomic mass is 10.1. The number of nitrogens with zero attached hydrogens (tertiary/aromatic N) is 3. The van der Waals surface area contributed by atoms with Crippen LogP contribution in [0.1, 0.15) is 5.56 Å². The minimum absolute atomic E-state index is 0.430. The maximum atomic E-state index is 5.35. The van der Waals surface area contributed by atoms with E-state index in [0.29, 0.717) is 10.6 Å². The molecule has 1 aromatic heterocycles. The molecule has 0 radical (unpaired) electrons. The van der Waals surface area contributed by atoms with Crippen LogP contribution in [-0.2, 0) is 0 Å². The van der Waals surface area contributed by atoms with Gasteiger partial charge in [-0.3, -0.25) is 0 Å². The minimum Gasteiger partial charge on any atom is -0.497 e. The number of hydrogen-bond acceptors (Lipinski definition) is 4. The first-order valence-corrected chi connectivity index (χ1v) is 8.51. The third kappa shape index (κ3) is 3.02. The van der Waals surface area contributed by atoms with Crippen molar-refractivity contribution in [2.75, 3.05) is 7.11 Å². The van der Waals surface area contributed by atoms with E-state index in [9.17, 15) is 0 Å². The molecule has 0 saturated carbocycles. The van der Waals surface area contributed by atoms with Crippen molar-refractivity contribution in [1.82, 2.24) is 14.9 Å². The molecule has 0 unspecified atom stereocenters. The highest BCUT2D eigenvalue weighted by Crippen LogP contribution is 2.22. The van der Waals surface area contributed by atoms with E-state index in [2.05, 4.69) is 33.5 Å². The van der Waals surface area contributed by atoms with Gasteiger partial charge in [-0.25, -0.2) is 5.10 Å². The van der Waals surface area contributed by atoms with Gasteiger partial charge >= 0.3 is 0 Å². The van der Waals surface area contributed by atoms with Gasteiger partial charge in [0.15, 0.2) is 5.82 Å². The van der Waals surface area contributed by atoms with Crippen molar-refractivity contribution < 1.29 is 4.74 Å². The van der Waals surface area contributed by atoms with Crippen molar-refractivity contribution in [1.29, 1.82) is 0 Å². The average molecular weight is 360 g/mol. The first-order chi connectivity index (χ1) is 12.8. The van der Waals surface area contributed by atoms with Crippen molar-refractivity contribution in [3.8, 4) is 17.1 Å². The predicted octanol–water partition coefficient (Wildman–Crippen LogP) is 4.65. The smallest absolute Gasteiger partial charge is 0.216 e. The monoisotopic (exact) mass is 360 g/mol. The maximum absolute atomic E-state index is 5.35. The highest BCUT2D eigenvalue weighted by Gasteiger charge is 2.09. The molecule has 0 fully saturated rings. The molecule has 6 heteroatoms. The van der Waals surface area contributed by atoms with E-state index in [1.54, 1.807) is 18.0 Å². The van der Waals surface area contributed by atoms with Crippen LogP contribution < -0.4 is 4.74 Å². The van der Waals surface area contributed by atoms with E-state index < -0.39 is 0 Å². The fraction of sp³-hybridized carbons (Fsp3) is 0.0500. The first kappa shape index (κ1) is 16.2. The number of ether oxygens (including phenoxy) is 1. The van der Waals surface area contributed by atoms with Crippen LogP contribution in [0.5, 0.6) is 5.75 Å². The Kier molecular flexibility index (Phi) is 4.33. The van der Waals surface area contributed by atoms with Gasteiger partial charge in [0, 0.05) is 11.1 Å². The lowest BCUT2D eigenvalue weighted by Gasteiger charge is -2.04. The summed E-state index contributed by atoms with van der Waals surface area (Å²) in [5, 5.41) is 14.0. The Morgan fingerprint density at radius 2 is 1.88 bits per heavy atom. The third-order valence-corrected chi connectivity index (χ3v) is 4.38. The Bertz CT molecular complexity index is 1150. The number of rotatable bonds is 4. The summed E-state index contributed by atoms with van der Waals surface area (Å²) in [7, 11) is 1.63. The van der Waals surface area contributed by atoms with Crippen LogP contribution in [0.15, 0.2) is 71.8 Å². The summed E-state index contributed by atoms with van der Waals surface area (Å²) in [4.78, 5) is 0. The molecule has 3 aromatic carbocycles. The molecular weight excluding hydrogens is 344 g/mol. The number of aromatic nitrogens is 3. The van der Waals surface area contributed by atoms with Gasteiger partial charge < -0.3 is 4.74 Å². The van der Waals surface area contributed by atoms with Crippen LogP contribution in [0.2, 0.25) is 0 Å². The SMILES string of the molecule is COc1cccc(-c2n[nH]c(=S)n2/N=C/c2cccc3ccccc23)c1. The largest absolute Gasteiger partial charge is 0.497 e. The molecule has 1 N–H and O–H groups in total. The van der Waals surface area contributed by atoms with Crippen molar-refractivity contribution in [2.24, 2.45) is 5.10 Å². The van der Waals surface area contributed by atoms with E-state index in [1.165, 1.54) is 5.39 Å². The quantitative estimate of drug-likeness (QED) is 0.426. The molecular formula is C20H16N4OS. The van der Waals surface area contributed by atoms with Crippen LogP contribution in [0, 0.1) is 4.77 Å². The maximum Gasteiger partial charge on any atom is 0.216 e. The van der Waals surface area contributed by atoms with E-state index in [0.717, 1.165) is 22.3 Å². The molecule has 0 aliphatic heterocycles. The van der Waals surface area contributed by atoms with Crippen molar-refractivity contribution in [3.63, 3.8) is 0 Å². The lowest BCUT2D eigenvalue weighted by molar-refractivity contribution is 0.415. The summed E-state index contributed by atoms with van der Waals surface area (Å²) < 4.78 is 7.34. The lowest BCUT2D eigenvalue weighted by Crippen LogP contribution is -1.96. The van der Waals surface area contributed by atoms with Gasteiger partial charge in [-0.15, -0.1) is 0 Å². The normalized spacial score (nSPS) is 11.3. The van der Waals surface area contributed by atoms with Gasteiger partial charge in [-0.1, -0.05) is 54.6 Å². The summed E-state index contributed by atoms with van der Waals surface area (Å²) in [5.74, 6) is 1.38. The second-order valence-electron chi connectivity index (χ2n) is 5.71. The number of fused-ring (bicyclic) bond motifs is 1. The van der Waals surface area contributed by atoms with Crippen molar-refractivity contribution in [2.45, 2.75) is 0 Å². The number of nitrogens with one attached hydrogen (secondary N) is 1. The average Bonchev–Trinajstić information content (AvgIpc) is 3.07. The Hall–Kier alpha value is -3.25. The molecule has 128 valence electrons. The molecule has 26 heavy (non-hydrogen) atoms. The molecule has 0 saturated heterocycles. The topological polar surface area (TPSA) is 55.2 Å². The Labute approximate surface area is 155 Å². The third-order valence-electron chi connectivity index (χ3n) is 4.11. The van der Waals surface area contributed by atoms with Gasteiger partial charge in [-0.05, 0) is 35.1 Å². The molecule has 0 bridgehead atoms. The Balaban J connectivity index is 1.78. The molecule has 0 spiro atoms. The van der Waals surface area contributed by atoms with Crippen LogP contribution in [0.25, 0.3) is 22.2 Å². The predicted molar refractivity (Wildman–Crippen MR) is 106 cm³/mol. The fourth-order valence-electron chi connectivity index (χ4n) is 2.83. The van der Waals surface area contributed by atoms with Crippen molar-refractivity contribution >= 4 is 29.2 Å². The van der Waals surface area contributed by atoms with E-state index in [-0.39, 0.29) is 0 Å². The molecule has 0 aliphatic rings. The number of benzene rings is 3. The molecule has 4 rings (SSSR count). The summed E-state index contributed by atoms with van der Waals surface area (Å²) in [6.45, 7) is 0. The summed E-state index contributed by atoms with van der Waals surface area (Å²) in [6.07, 6.45) is 1.80. The molecule has 1 heterocycles. The number of aromatic amines is 1. The number of H-pyrrole nitrogens is 1. The molecule has 0 atom stereocenters. The highest BCUT2D eigenvalue weighted by molar-refractivity contribution is 7.71. The highest BCUT2D eigenvalue weighted by atomic mass is 32.1. The van der Waals surface area contributed by atoms with Gasteiger partial charge in [0.1, 0.15) is 5.75 Å². The van der Waals surface area contributed by atoms with Gasteiger partial charge in [0.25, 0.3) is 0 Å². The number of methoxy groups -OCH3 is 1. The summed E-state index contributed by atoms with van der Waals surface area (Å²) in [6, 6.07) is 22.0. The Morgan fingerprint density at radius 3 is 2.77 bits per heavy atom. The van der Waals surface area contributed by atoms with Gasteiger partial charge in [0.2, 0.25) is 4.77 Å². The zero-order chi connectivity index (χ0) is 17.9. The van der Waals surface area contributed by atoms with Crippen LogP contribution in [-0.4, -0.2) is 28.2 Å². The second kappa shape index (κ2) is 6.93. The van der Waals surface area contributed by atoms with Crippen LogP contribution >= 0.6 is 12.2 Å². The van der Waals surface area contributed by atoms with Gasteiger partial charge in [0.05, 0.1) is 13.3 Å². The molecule has 4 aromatic rings. The second-order valence-corrected chi connectivity index (χ2v) is 6.10. The molecule has 5 nitrogen and oxygen atoms in total.